The quantitative estimate of drug-likeness (QED) is 0.582. The molecule has 0 unspecified atom stereocenters. The SMILES string of the molecule is C=C(C)[C@H]1CC[C@@]2(C)CC[C@H](OCc3ccccc3)C(C)(C)[C@@H]2C1. The highest BCUT2D eigenvalue weighted by molar-refractivity contribution is 5.14. The predicted octanol–water partition coefficient (Wildman–Crippen LogP) is 6.39. The maximum absolute atomic E-state index is 6.45. The number of hydrogen-bond acceptors (Lipinski definition) is 1. The molecule has 1 heteroatoms. The van der Waals surface area contributed by atoms with Gasteiger partial charge in [0.25, 0.3) is 0 Å². The maximum Gasteiger partial charge on any atom is 0.0720 e. The molecule has 0 N–H and O–H groups in total. The van der Waals surface area contributed by atoms with Crippen molar-refractivity contribution in [3.05, 3.63) is 48.0 Å². The van der Waals surface area contributed by atoms with E-state index >= 15 is 0 Å². The summed E-state index contributed by atoms with van der Waals surface area (Å²) in [6.07, 6.45) is 6.84. The third-order valence-corrected chi connectivity index (χ3v) is 7.12. The number of ether oxygens (including phenoxy) is 1. The van der Waals surface area contributed by atoms with E-state index in [0.717, 1.165) is 12.5 Å². The lowest BCUT2D eigenvalue weighted by Crippen LogP contribution is -2.53. The van der Waals surface area contributed by atoms with E-state index in [9.17, 15) is 0 Å². The Morgan fingerprint density at radius 2 is 1.79 bits per heavy atom. The number of rotatable bonds is 4. The van der Waals surface area contributed by atoms with Crippen LogP contribution in [0.25, 0.3) is 0 Å². The summed E-state index contributed by atoms with van der Waals surface area (Å²) in [5.74, 6) is 1.44. The molecule has 0 amide bonds. The maximum atomic E-state index is 6.45. The van der Waals surface area contributed by atoms with Crippen molar-refractivity contribution in [3.8, 4) is 0 Å². The molecule has 0 bridgehead atoms. The summed E-state index contributed by atoms with van der Waals surface area (Å²) in [6.45, 7) is 14.6. The smallest absolute Gasteiger partial charge is 0.0720 e. The first-order valence-corrected chi connectivity index (χ1v) is 9.64. The fourth-order valence-electron chi connectivity index (χ4n) is 5.44. The first-order valence-electron chi connectivity index (χ1n) is 9.64. The largest absolute Gasteiger partial charge is 0.373 e. The van der Waals surface area contributed by atoms with Gasteiger partial charge in [-0.25, -0.2) is 0 Å². The summed E-state index contributed by atoms with van der Waals surface area (Å²) in [7, 11) is 0. The number of allylic oxidation sites excluding steroid dienone is 1. The Balaban J connectivity index is 1.73. The summed E-state index contributed by atoms with van der Waals surface area (Å²) in [5.41, 5.74) is 3.38. The van der Waals surface area contributed by atoms with Gasteiger partial charge in [-0.3, -0.25) is 0 Å². The molecule has 2 saturated carbocycles. The normalized spacial score (nSPS) is 35.2. The van der Waals surface area contributed by atoms with Crippen LogP contribution in [-0.4, -0.2) is 6.10 Å². The Hall–Kier alpha value is -1.08. The van der Waals surface area contributed by atoms with Crippen molar-refractivity contribution in [1.29, 1.82) is 0 Å². The van der Waals surface area contributed by atoms with Crippen LogP contribution in [0.3, 0.4) is 0 Å². The molecule has 2 aliphatic carbocycles. The third kappa shape index (κ3) is 3.33. The fourth-order valence-corrected chi connectivity index (χ4v) is 5.44. The molecule has 1 aromatic rings. The van der Waals surface area contributed by atoms with Gasteiger partial charge in [0.2, 0.25) is 0 Å². The van der Waals surface area contributed by atoms with E-state index in [4.69, 9.17) is 4.74 Å². The molecule has 0 radical (unpaired) electrons. The minimum absolute atomic E-state index is 0.232. The summed E-state index contributed by atoms with van der Waals surface area (Å²) in [6, 6.07) is 10.6. The summed E-state index contributed by atoms with van der Waals surface area (Å²) in [4.78, 5) is 0. The van der Waals surface area contributed by atoms with Crippen molar-refractivity contribution >= 4 is 0 Å². The van der Waals surface area contributed by atoms with Crippen LogP contribution in [0, 0.1) is 22.7 Å². The molecule has 4 atom stereocenters. The van der Waals surface area contributed by atoms with E-state index in [1.165, 1.54) is 43.2 Å². The Morgan fingerprint density at radius 1 is 1.12 bits per heavy atom. The topological polar surface area (TPSA) is 9.23 Å². The molecule has 1 aromatic carbocycles. The molecule has 2 aliphatic rings. The third-order valence-electron chi connectivity index (χ3n) is 7.12. The van der Waals surface area contributed by atoms with E-state index in [1.54, 1.807) is 0 Å². The van der Waals surface area contributed by atoms with Crippen molar-refractivity contribution < 1.29 is 4.74 Å². The van der Waals surface area contributed by atoms with Gasteiger partial charge in [-0.2, -0.15) is 0 Å². The molecule has 0 heterocycles. The van der Waals surface area contributed by atoms with Crippen LogP contribution in [0.4, 0.5) is 0 Å². The van der Waals surface area contributed by atoms with Gasteiger partial charge in [-0.15, -0.1) is 0 Å². The van der Waals surface area contributed by atoms with Crippen molar-refractivity contribution in [1.82, 2.24) is 0 Å². The fraction of sp³-hybridized carbons (Fsp3) is 0.652. The number of hydrogen-bond donors (Lipinski definition) is 0. The Kier molecular flexibility index (Phi) is 4.93. The van der Waals surface area contributed by atoms with Gasteiger partial charge in [0.15, 0.2) is 0 Å². The van der Waals surface area contributed by atoms with Crippen LogP contribution in [-0.2, 0) is 11.3 Å². The predicted molar refractivity (Wildman–Crippen MR) is 102 cm³/mol. The van der Waals surface area contributed by atoms with E-state index in [2.05, 4.69) is 64.6 Å². The Bertz CT molecular complexity index is 573. The molecular formula is C23H34O. The van der Waals surface area contributed by atoms with Crippen molar-refractivity contribution in [2.75, 3.05) is 0 Å². The summed E-state index contributed by atoms with van der Waals surface area (Å²) >= 11 is 0. The lowest BCUT2D eigenvalue weighted by molar-refractivity contribution is -0.148. The molecule has 3 rings (SSSR count). The Morgan fingerprint density at radius 3 is 2.46 bits per heavy atom. The van der Waals surface area contributed by atoms with E-state index in [0.29, 0.717) is 17.4 Å². The van der Waals surface area contributed by atoms with Crippen LogP contribution in [0.1, 0.15) is 65.4 Å². The molecule has 24 heavy (non-hydrogen) atoms. The Labute approximate surface area is 148 Å². The molecule has 1 nitrogen and oxygen atoms in total. The summed E-state index contributed by atoms with van der Waals surface area (Å²) in [5, 5.41) is 0. The highest BCUT2D eigenvalue weighted by atomic mass is 16.5. The van der Waals surface area contributed by atoms with Crippen LogP contribution in [0.2, 0.25) is 0 Å². The van der Waals surface area contributed by atoms with Crippen molar-refractivity contribution in [2.45, 2.75) is 72.5 Å². The van der Waals surface area contributed by atoms with Gasteiger partial charge in [0, 0.05) is 0 Å². The monoisotopic (exact) mass is 326 g/mol. The molecule has 0 saturated heterocycles. The molecule has 0 aliphatic heterocycles. The zero-order valence-electron chi connectivity index (χ0n) is 16.0. The van der Waals surface area contributed by atoms with Crippen molar-refractivity contribution in [2.24, 2.45) is 22.7 Å². The number of benzene rings is 1. The van der Waals surface area contributed by atoms with Crippen LogP contribution in [0.15, 0.2) is 42.5 Å². The van der Waals surface area contributed by atoms with Gasteiger partial charge in [-0.1, -0.05) is 63.3 Å². The van der Waals surface area contributed by atoms with Crippen LogP contribution >= 0.6 is 0 Å². The highest BCUT2D eigenvalue weighted by Crippen LogP contribution is 2.60. The first-order chi connectivity index (χ1) is 11.3. The van der Waals surface area contributed by atoms with Gasteiger partial charge < -0.3 is 4.74 Å². The lowest BCUT2D eigenvalue weighted by Gasteiger charge is -2.58. The minimum atomic E-state index is 0.232. The van der Waals surface area contributed by atoms with Crippen molar-refractivity contribution in [3.63, 3.8) is 0 Å². The molecule has 2 fully saturated rings. The molecule has 0 spiro atoms. The molecular weight excluding hydrogens is 292 g/mol. The zero-order chi connectivity index (χ0) is 17.4. The van der Waals surface area contributed by atoms with E-state index < -0.39 is 0 Å². The molecule has 132 valence electrons. The van der Waals surface area contributed by atoms with E-state index in [-0.39, 0.29) is 5.41 Å². The minimum Gasteiger partial charge on any atom is -0.373 e. The average molecular weight is 327 g/mol. The second-order valence-electron chi connectivity index (χ2n) is 9.17. The average Bonchev–Trinajstić information content (AvgIpc) is 2.54. The van der Waals surface area contributed by atoms with E-state index in [1.807, 2.05) is 0 Å². The van der Waals surface area contributed by atoms with Gasteiger partial charge in [-0.05, 0) is 67.3 Å². The standard InChI is InChI=1S/C23H34O/c1-17(2)19-11-13-23(5)14-12-21(22(3,4)20(23)15-19)24-16-18-9-7-6-8-10-18/h6-10,19-21H,1,11-16H2,2-5H3/t19-,20-,21-,23-/m0/s1. The zero-order valence-corrected chi connectivity index (χ0v) is 16.0. The second-order valence-corrected chi connectivity index (χ2v) is 9.17. The van der Waals surface area contributed by atoms with Gasteiger partial charge in [0.05, 0.1) is 12.7 Å². The van der Waals surface area contributed by atoms with Gasteiger partial charge in [0.1, 0.15) is 0 Å². The first kappa shape index (κ1) is 17.7. The lowest BCUT2D eigenvalue weighted by atomic mass is 9.49. The van der Waals surface area contributed by atoms with Crippen LogP contribution < -0.4 is 0 Å². The number of fused-ring (bicyclic) bond motifs is 1. The summed E-state index contributed by atoms with van der Waals surface area (Å²) < 4.78 is 6.45. The van der Waals surface area contributed by atoms with Gasteiger partial charge >= 0.3 is 0 Å². The molecule has 0 aromatic heterocycles. The second kappa shape index (κ2) is 6.67. The van der Waals surface area contributed by atoms with Crippen LogP contribution in [0.5, 0.6) is 0 Å². The highest BCUT2D eigenvalue weighted by Gasteiger charge is 2.53.